The number of amidine groups is 1. The van der Waals surface area contributed by atoms with Crippen molar-refractivity contribution in [1.82, 2.24) is 0 Å². The first kappa shape index (κ1) is 14.3. The number of nitrogens with one attached hydrogen (secondary N) is 1. The molecule has 0 aromatic heterocycles. The molecule has 1 amide bonds. The molecule has 5 nitrogen and oxygen atoms in total. The number of aliphatic imine (C=N–C) groups is 1. The molecular formula is C17H17N3O2. The Morgan fingerprint density at radius 3 is 2.55 bits per heavy atom. The average Bonchev–Trinajstić information content (AvgIpc) is 2.54. The molecule has 1 atom stereocenters. The summed E-state index contributed by atoms with van der Waals surface area (Å²) in [4.78, 5) is 15.4. The lowest BCUT2D eigenvalue weighted by molar-refractivity contribution is -0.117. The Hall–Kier alpha value is -2.66. The number of fused-ring (bicyclic) bond motifs is 1. The van der Waals surface area contributed by atoms with Crippen LogP contribution >= 0.6 is 0 Å². The maximum absolute atomic E-state index is 11.2. The molecule has 1 heterocycles. The van der Waals surface area contributed by atoms with Gasteiger partial charge in [-0.05, 0) is 6.07 Å². The number of benzene rings is 2. The van der Waals surface area contributed by atoms with Crippen molar-refractivity contribution in [3.63, 3.8) is 0 Å². The summed E-state index contributed by atoms with van der Waals surface area (Å²) in [5.74, 6) is 0.149. The molecule has 1 aliphatic heterocycles. The highest BCUT2D eigenvalue weighted by Crippen LogP contribution is 2.38. The van der Waals surface area contributed by atoms with Crippen molar-refractivity contribution in [2.75, 3.05) is 5.32 Å². The number of nitrogens with zero attached hydrogens (tertiary/aromatic N) is 1. The van der Waals surface area contributed by atoms with Crippen LogP contribution in [0.15, 0.2) is 59.6 Å². The van der Waals surface area contributed by atoms with Gasteiger partial charge in [0.25, 0.3) is 0 Å². The van der Waals surface area contributed by atoms with Crippen LogP contribution in [0.25, 0.3) is 0 Å². The van der Waals surface area contributed by atoms with Crippen LogP contribution in [0.3, 0.4) is 0 Å². The molecule has 0 saturated heterocycles. The molecule has 112 valence electrons. The van der Waals surface area contributed by atoms with Crippen LogP contribution in [0.1, 0.15) is 24.0 Å². The van der Waals surface area contributed by atoms with Gasteiger partial charge < -0.3 is 16.2 Å². The standard InChI is InChI=1S/C17H17N3O2/c18-15(21)10-11-16-19-14-9-5-4-8-13(14)17(22,20-16)12-6-2-1-3-7-12/h1-9,22H,10-11H2,(H2,18,21)(H,19,20). The molecule has 1 aliphatic rings. The van der Waals surface area contributed by atoms with Gasteiger partial charge in [0.1, 0.15) is 5.84 Å². The maximum Gasteiger partial charge on any atom is 0.217 e. The Morgan fingerprint density at radius 1 is 1.14 bits per heavy atom. The first-order valence-corrected chi connectivity index (χ1v) is 7.11. The van der Waals surface area contributed by atoms with Crippen LogP contribution in [0.5, 0.6) is 0 Å². The van der Waals surface area contributed by atoms with Gasteiger partial charge in [-0.2, -0.15) is 0 Å². The lowest BCUT2D eigenvalue weighted by atomic mass is 9.92. The van der Waals surface area contributed by atoms with Crippen molar-refractivity contribution in [2.24, 2.45) is 10.7 Å². The van der Waals surface area contributed by atoms with Gasteiger partial charge in [0.2, 0.25) is 11.6 Å². The lowest BCUT2D eigenvalue weighted by Gasteiger charge is -2.32. The Kier molecular flexibility index (Phi) is 3.65. The highest BCUT2D eigenvalue weighted by atomic mass is 16.3. The largest absolute Gasteiger partial charge is 0.370 e. The summed E-state index contributed by atoms with van der Waals surface area (Å²) in [6.45, 7) is 0. The van der Waals surface area contributed by atoms with E-state index >= 15 is 0 Å². The van der Waals surface area contributed by atoms with E-state index in [-0.39, 0.29) is 6.42 Å². The summed E-state index contributed by atoms with van der Waals surface area (Å²) in [5.41, 5.74) is 5.88. The minimum atomic E-state index is -1.46. The molecule has 22 heavy (non-hydrogen) atoms. The number of anilines is 1. The molecule has 4 N–H and O–H groups in total. The molecular weight excluding hydrogens is 278 g/mol. The van der Waals surface area contributed by atoms with Crippen molar-refractivity contribution in [3.05, 3.63) is 65.7 Å². The number of amides is 1. The Morgan fingerprint density at radius 2 is 1.82 bits per heavy atom. The number of para-hydroxylation sites is 1. The Balaban J connectivity index is 2.07. The zero-order valence-electron chi connectivity index (χ0n) is 12.0. The van der Waals surface area contributed by atoms with Gasteiger partial charge in [-0.15, -0.1) is 0 Å². The monoisotopic (exact) mass is 295 g/mol. The number of hydrogen-bond donors (Lipinski definition) is 3. The maximum atomic E-state index is 11.2. The fourth-order valence-corrected chi connectivity index (χ4v) is 2.59. The minimum Gasteiger partial charge on any atom is -0.370 e. The molecule has 5 heteroatoms. The van der Waals surface area contributed by atoms with Crippen LogP contribution in [-0.4, -0.2) is 16.8 Å². The molecule has 1 unspecified atom stereocenters. The highest BCUT2D eigenvalue weighted by Gasteiger charge is 2.36. The number of carbonyl (C=O) groups is 1. The second-order valence-corrected chi connectivity index (χ2v) is 5.23. The van der Waals surface area contributed by atoms with E-state index in [0.717, 1.165) is 5.69 Å². The fourth-order valence-electron chi connectivity index (χ4n) is 2.59. The molecule has 0 aliphatic carbocycles. The molecule has 0 fully saturated rings. The number of rotatable bonds is 4. The third-order valence-corrected chi connectivity index (χ3v) is 3.66. The first-order valence-electron chi connectivity index (χ1n) is 7.11. The number of carbonyl (C=O) groups excluding carboxylic acids is 1. The SMILES string of the molecule is NC(=O)CCC1=NC(O)(c2ccccc2)c2ccccc2N1. The second-order valence-electron chi connectivity index (χ2n) is 5.23. The van der Waals surface area contributed by atoms with Gasteiger partial charge in [0.05, 0.1) is 0 Å². The number of primary amides is 1. The van der Waals surface area contributed by atoms with Gasteiger partial charge in [0.15, 0.2) is 0 Å². The average molecular weight is 295 g/mol. The van der Waals surface area contributed by atoms with Crippen LogP contribution in [0, 0.1) is 0 Å². The summed E-state index contributed by atoms with van der Waals surface area (Å²) >= 11 is 0. The van der Waals surface area contributed by atoms with Crippen molar-refractivity contribution < 1.29 is 9.90 Å². The zero-order chi connectivity index (χ0) is 15.6. The summed E-state index contributed by atoms with van der Waals surface area (Å²) in [5, 5.41) is 14.3. The summed E-state index contributed by atoms with van der Waals surface area (Å²) in [6.07, 6.45) is 0.539. The minimum absolute atomic E-state index is 0.179. The molecule has 0 saturated carbocycles. The molecule has 0 bridgehead atoms. The van der Waals surface area contributed by atoms with Crippen LogP contribution < -0.4 is 11.1 Å². The van der Waals surface area contributed by atoms with Crippen molar-refractivity contribution in [3.8, 4) is 0 Å². The first-order chi connectivity index (χ1) is 10.6. The fraction of sp³-hybridized carbons (Fsp3) is 0.176. The van der Waals surface area contributed by atoms with Crippen LogP contribution in [0.4, 0.5) is 5.69 Å². The number of aliphatic hydroxyl groups is 1. The van der Waals surface area contributed by atoms with Gasteiger partial charge >= 0.3 is 0 Å². The van der Waals surface area contributed by atoms with Gasteiger partial charge in [0, 0.05) is 29.7 Å². The molecule has 3 rings (SSSR count). The molecule has 0 radical (unpaired) electrons. The smallest absolute Gasteiger partial charge is 0.217 e. The van der Waals surface area contributed by atoms with E-state index in [0.29, 0.717) is 23.4 Å². The van der Waals surface area contributed by atoms with E-state index < -0.39 is 11.6 Å². The van der Waals surface area contributed by atoms with E-state index in [1.165, 1.54) is 0 Å². The lowest BCUT2D eigenvalue weighted by Crippen LogP contribution is -2.34. The predicted octanol–water partition coefficient (Wildman–Crippen LogP) is 1.97. The summed E-state index contributed by atoms with van der Waals surface area (Å²) < 4.78 is 0. The van der Waals surface area contributed by atoms with Gasteiger partial charge in [-0.3, -0.25) is 4.79 Å². The molecule has 2 aromatic rings. The van der Waals surface area contributed by atoms with E-state index in [1.54, 1.807) is 0 Å². The summed E-state index contributed by atoms with van der Waals surface area (Å²) in [7, 11) is 0. The zero-order valence-corrected chi connectivity index (χ0v) is 12.0. The third-order valence-electron chi connectivity index (χ3n) is 3.66. The Labute approximate surface area is 128 Å². The van der Waals surface area contributed by atoms with Crippen LogP contribution in [-0.2, 0) is 10.5 Å². The molecule has 2 aromatic carbocycles. The van der Waals surface area contributed by atoms with Gasteiger partial charge in [-0.25, -0.2) is 4.99 Å². The second kappa shape index (κ2) is 5.61. The number of nitrogens with two attached hydrogens (primary N) is 1. The highest BCUT2D eigenvalue weighted by molar-refractivity contribution is 6.00. The summed E-state index contributed by atoms with van der Waals surface area (Å²) in [6, 6.07) is 16.7. The normalized spacial score (nSPS) is 19.8. The van der Waals surface area contributed by atoms with E-state index in [9.17, 15) is 9.90 Å². The third kappa shape index (κ3) is 2.58. The predicted molar refractivity (Wildman–Crippen MR) is 85.4 cm³/mol. The number of hydrogen-bond acceptors (Lipinski definition) is 4. The topological polar surface area (TPSA) is 87.7 Å². The van der Waals surface area contributed by atoms with Crippen LogP contribution in [0.2, 0.25) is 0 Å². The quantitative estimate of drug-likeness (QED) is 0.805. The van der Waals surface area contributed by atoms with E-state index in [4.69, 9.17) is 5.73 Å². The van der Waals surface area contributed by atoms with E-state index in [2.05, 4.69) is 10.3 Å². The van der Waals surface area contributed by atoms with Crippen molar-refractivity contribution >= 4 is 17.4 Å². The molecule has 0 spiro atoms. The Bertz CT molecular complexity index is 728. The van der Waals surface area contributed by atoms with Crippen molar-refractivity contribution in [2.45, 2.75) is 18.6 Å². The van der Waals surface area contributed by atoms with Gasteiger partial charge in [-0.1, -0.05) is 48.5 Å². The van der Waals surface area contributed by atoms with Crippen molar-refractivity contribution in [1.29, 1.82) is 0 Å². The van der Waals surface area contributed by atoms with E-state index in [1.807, 2.05) is 54.6 Å².